The van der Waals surface area contributed by atoms with E-state index in [2.05, 4.69) is 14.9 Å². The van der Waals surface area contributed by atoms with E-state index in [0.29, 0.717) is 33.8 Å². The highest BCUT2D eigenvalue weighted by molar-refractivity contribution is 7.92. The molecule has 34 heavy (non-hydrogen) atoms. The molecular weight excluding hydrogens is 456 g/mol. The molecule has 0 radical (unpaired) electrons. The van der Waals surface area contributed by atoms with Gasteiger partial charge < -0.3 is 13.8 Å². The molecule has 9 nitrogen and oxygen atoms in total. The molecule has 4 rings (SSSR count). The summed E-state index contributed by atoms with van der Waals surface area (Å²) < 4.78 is 39.8. The van der Waals surface area contributed by atoms with Crippen molar-refractivity contribution >= 4 is 21.8 Å². The Balaban J connectivity index is 1.83. The van der Waals surface area contributed by atoms with E-state index in [9.17, 15) is 13.2 Å². The largest absolute Gasteiger partial charge is 0.445 e. The van der Waals surface area contributed by atoms with Gasteiger partial charge in [-0.05, 0) is 43.2 Å². The highest BCUT2D eigenvalue weighted by Gasteiger charge is 2.24. The minimum atomic E-state index is -4.01. The molecule has 176 valence electrons. The van der Waals surface area contributed by atoms with Crippen molar-refractivity contribution in [3.05, 3.63) is 71.7 Å². The van der Waals surface area contributed by atoms with Gasteiger partial charge >= 0.3 is 0 Å². The van der Waals surface area contributed by atoms with Crippen molar-refractivity contribution in [2.75, 3.05) is 11.8 Å². The predicted octanol–water partition coefficient (Wildman–Crippen LogP) is 4.39. The molecule has 1 N–H and O–H groups in total. The van der Waals surface area contributed by atoms with Crippen LogP contribution in [-0.2, 0) is 21.4 Å². The number of aryl methyl sites for hydroxylation is 1. The van der Waals surface area contributed by atoms with Crippen LogP contribution in [0.3, 0.4) is 0 Å². The lowest BCUT2D eigenvalue weighted by atomic mass is 9.97. The van der Waals surface area contributed by atoms with E-state index in [-0.39, 0.29) is 23.2 Å². The third-order valence-electron chi connectivity index (χ3n) is 5.58. The number of nitrogens with zero attached hydrogens (tertiary/aromatic N) is 3. The van der Waals surface area contributed by atoms with Crippen LogP contribution in [0.2, 0.25) is 0 Å². The van der Waals surface area contributed by atoms with E-state index in [1.54, 1.807) is 62.3 Å². The van der Waals surface area contributed by atoms with Gasteiger partial charge in [-0.1, -0.05) is 29.4 Å². The first-order chi connectivity index (χ1) is 16.2. The molecule has 2 heterocycles. The second kappa shape index (κ2) is 9.14. The van der Waals surface area contributed by atoms with Crippen molar-refractivity contribution in [1.82, 2.24) is 15.0 Å². The molecule has 0 aliphatic rings. The van der Waals surface area contributed by atoms with E-state index < -0.39 is 10.0 Å². The Bertz CT molecular complexity index is 1440. The van der Waals surface area contributed by atoms with Gasteiger partial charge in [0, 0.05) is 37.2 Å². The first-order valence-electron chi connectivity index (χ1n) is 10.5. The van der Waals surface area contributed by atoms with Crippen molar-refractivity contribution in [3.63, 3.8) is 0 Å². The van der Waals surface area contributed by atoms with Crippen molar-refractivity contribution in [2.45, 2.75) is 32.2 Å². The van der Waals surface area contributed by atoms with Crippen molar-refractivity contribution in [1.29, 1.82) is 0 Å². The first kappa shape index (κ1) is 23.2. The zero-order valence-corrected chi connectivity index (χ0v) is 20.0. The number of amides is 1. The normalized spacial score (nSPS) is 11.4. The van der Waals surface area contributed by atoms with Gasteiger partial charge in [-0.2, -0.15) is 0 Å². The maximum absolute atomic E-state index is 13.4. The van der Waals surface area contributed by atoms with Crippen LogP contribution in [-0.4, -0.2) is 36.4 Å². The average molecular weight is 481 g/mol. The quantitative estimate of drug-likeness (QED) is 0.417. The van der Waals surface area contributed by atoms with Gasteiger partial charge in [-0.25, -0.2) is 18.1 Å². The Hall–Kier alpha value is -3.92. The average Bonchev–Trinajstić information content (AvgIpc) is 3.45. The molecule has 0 fully saturated rings. The van der Waals surface area contributed by atoms with Gasteiger partial charge in [0.05, 0.1) is 16.8 Å². The maximum Gasteiger partial charge on any atom is 0.264 e. The predicted molar refractivity (Wildman–Crippen MR) is 126 cm³/mol. The Kier molecular flexibility index (Phi) is 6.25. The van der Waals surface area contributed by atoms with Gasteiger partial charge in [0.25, 0.3) is 10.0 Å². The van der Waals surface area contributed by atoms with Crippen LogP contribution in [0.5, 0.6) is 0 Å². The Labute approximate surface area is 197 Å². The molecule has 10 heteroatoms. The second-order valence-electron chi connectivity index (χ2n) is 7.91. The number of hydrogen-bond acceptors (Lipinski definition) is 7. The second-order valence-corrected chi connectivity index (χ2v) is 9.56. The zero-order valence-electron chi connectivity index (χ0n) is 19.2. The number of sulfonamides is 1. The molecule has 0 unspecified atom stereocenters. The number of benzene rings is 2. The van der Waals surface area contributed by atoms with Crippen LogP contribution >= 0.6 is 0 Å². The van der Waals surface area contributed by atoms with E-state index >= 15 is 0 Å². The molecule has 0 aliphatic carbocycles. The van der Waals surface area contributed by atoms with Crippen LogP contribution in [0.4, 0.5) is 5.88 Å². The van der Waals surface area contributed by atoms with E-state index in [1.807, 2.05) is 6.07 Å². The lowest BCUT2D eigenvalue weighted by Gasteiger charge is -2.20. The number of anilines is 1. The maximum atomic E-state index is 13.4. The summed E-state index contributed by atoms with van der Waals surface area (Å²) in [5.74, 6) is 0.381. The number of rotatable bonds is 7. The number of oxazole rings is 1. The highest BCUT2D eigenvalue weighted by Crippen LogP contribution is 2.34. The van der Waals surface area contributed by atoms with Gasteiger partial charge in [-0.3, -0.25) is 4.79 Å². The SMILES string of the molecule is CC(=O)N(C)Cc1cc(-c2ncco2)ccc1-c1ccccc1S(=O)(=O)Nc1onc(C)c1C. The lowest BCUT2D eigenvalue weighted by Crippen LogP contribution is -2.23. The summed E-state index contributed by atoms with van der Waals surface area (Å²) in [6.45, 7) is 5.20. The molecule has 2 aromatic heterocycles. The smallest absolute Gasteiger partial charge is 0.264 e. The van der Waals surface area contributed by atoms with Crippen LogP contribution < -0.4 is 4.72 Å². The summed E-state index contributed by atoms with van der Waals surface area (Å²) in [5, 5.41) is 3.82. The monoisotopic (exact) mass is 480 g/mol. The minimum Gasteiger partial charge on any atom is -0.445 e. The first-order valence-corrected chi connectivity index (χ1v) is 12.0. The van der Waals surface area contributed by atoms with Crippen LogP contribution in [0.15, 0.2) is 68.8 Å². The Morgan fingerprint density at radius 2 is 1.88 bits per heavy atom. The van der Waals surface area contributed by atoms with Crippen LogP contribution in [0, 0.1) is 13.8 Å². The fourth-order valence-electron chi connectivity index (χ4n) is 3.46. The standard InChI is InChI=1S/C24H24N4O5S/c1-15-16(2)26-33-23(15)27-34(30,31)22-8-6-5-7-21(22)20-10-9-18(24-25-11-12-32-24)13-19(20)14-28(4)17(3)29/h5-13,27H,14H2,1-4H3. The van der Waals surface area contributed by atoms with Gasteiger partial charge in [-0.15, -0.1) is 0 Å². The minimum absolute atomic E-state index is 0.0686. The van der Waals surface area contributed by atoms with Crippen LogP contribution in [0.25, 0.3) is 22.6 Å². The zero-order chi connectivity index (χ0) is 24.5. The van der Waals surface area contributed by atoms with E-state index in [0.717, 1.165) is 5.56 Å². The molecule has 2 aromatic carbocycles. The van der Waals surface area contributed by atoms with Gasteiger partial charge in [0.2, 0.25) is 17.7 Å². The number of nitrogens with one attached hydrogen (secondary N) is 1. The highest BCUT2D eigenvalue weighted by atomic mass is 32.2. The summed E-state index contributed by atoms with van der Waals surface area (Å²) in [5.41, 5.74) is 3.81. The molecule has 1 amide bonds. The molecule has 0 aliphatic heterocycles. The number of aromatic nitrogens is 2. The summed E-state index contributed by atoms with van der Waals surface area (Å²) >= 11 is 0. The third-order valence-corrected chi connectivity index (χ3v) is 6.97. The summed E-state index contributed by atoms with van der Waals surface area (Å²) in [6.07, 6.45) is 3.02. The van der Waals surface area contributed by atoms with E-state index in [1.165, 1.54) is 19.3 Å². The molecule has 0 saturated heterocycles. The van der Waals surface area contributed by atoms with Crippen LogP contribution in [0.1, 0.15) is 23.7 Å². The fraction of sp³-hybridized carbons (Fsp3) is 0.208. The van der Waals surface area contributed by atoms with Crippen molar-refractivity contribution < 1.29 is 22.2 Å². The third kappa shape index (κ3) is 4.58. The molecule has 0 atom stereocenters. The molecule has 0 spiro atoms. The summed E-state index contributed by atoms with van der Waals surface area (Å²) in [4.78, 5) is 17.8. The van der Waals surface area contributed by atoms with Crippen molar-refractivity contribution in [2.24, 2.45) is 0 Å². The molecule has 0 bridgehead atoms. The fourth-order valence-corrected chi connectivity index (χ4v) is 4.73. The van der Waals surface area contributed by atoms with E-state index in [4.69, 9.17) is 8.94 Å². The Morgan fingerprint density at radius 1 is 1.12 bits per heavy atom. The molecule has 0 saturated carbocycles. The number of carbonyl (C=O) groups is 1. The van der Waals surface area contributed by atoms with Crippen molar-refractivity contribution in [3.8, 4) is 22.6 Å². The topological polar surface area (TPSA) is 119 Å². The summed E-state index contributed by atoms with van der Waals surface area (Å²) in [7, 11) is -2.33. The molecular formula is C24H24N4O5S. The lowest BCUT2D eigenvalue weighted by molar-refractivity contribution is -0.128. The van der Waals surface area contributed by atoms with Gasteiger partial charge in [0.1, 0.15) is 6.26 Å². The van der Waals surface area contributed by atoms with Gasteiger partial charge in [0.15, 0.2) is 0 Å². The number of carbonyl (C=O) groups excluding carboxylic acids is 1. The summed E-state index contributed by atoms with van der Waals surface area (Å²) in [6, 6.07) is 12.1. The number of hydrogen-bond donors (Lipinski definition) is 1. The molecule has 4 aromatic rings. The Morgan fingerprint density at radius 3 is 2.53 bits per heavy atom.